The molecule has 0 aromatic carbocycles. The lowest BCUT2D eigenvalue weighted by Gasteiger charge is -2.18. The highest BCUT2D eigenvalue weighted by Crippen LogP contribution is 2.41. The zero-order chi connectivity index (χ0) is 16.9. The van der Waals surface area contributed by atoms with Crippen LogP contribution in [0.2, 0.25) is 0 Å². The number of aromatic nitrogens is 3. The molecule has 0 N–H and O–H groups in total. The Morgan fingerprint density at radius 1 is 1.38 bits per heavy atom. The summed E-state index contributed by atoms with van der Waals surface area (Å²) in [6, 6.07) is 4.54. The maximum atomic E-state index is 12.4. The van der Waals surface area contributed by atoms with Crippen molar-refractivity contribution < 1.29 is 4.79 Å². The van der Waals surface area contributed by atoms with Crippen molar-refractivity contribution in [3.05, 3.63) is 42.8 Å². The molecule has 1 amide bonds. The molecule has 0 spiro atoms. The number of amides is 1. The van der Waals surface area contributed by atoms with E-state index >= 15 is 0 Å². The van der Waals surface area contributed by atoms with Crippen LogP contribution in [-0.2, 0) is 4.79 Å². The molecule has 0 bridgehead atoms. The summed E-state index contributed by atoms with van der Waals surface area (Å²) in [7, 11) is 0. The Labute approximate surface area is 150 Å². The molecule has 1 aliphatic rings. The van der Waals surface area contributed by atoms with Crippen molar-refractivity contribution in [3.8, 4) is 10.7 Å². The van der Waals surface area contributed by atoms with Crippen LogP contribution in [0.15, 0.2) is 48.0 Å². The van der Waals surface area contributed by atoms with Crippen LogP contribution in [0.5, 0.6) is 0 Å². The number of rotatable bonds is 9. The van der Waals surface area contributed by atoms with Crippen molar-refractivity contribution in [1.29, 1.82) is 0 Å². The minimum atomic E-state index is 0.0582. The largest absolute Gasteiger partial charge is 0.335 e. The molecule has 2 aromatic heterocycles. The van der Waals surface area contributed by atoms with Gasteiger partial charge in [-0.2, -0.15) is 0 Å². The predicted molar refractivity (Wildman–Crippen MR) is 99.3 cm³/mol. The fourth-order valence-corrected chi connectivity index (χ4v) is 4.03. The van der Waals surface area contributed by atoms with Crippen LogP contribution < -0.4 is 0 Å². The van der Waals surface area contributed by atoms with E-state index in [1.807, 2.05) is 11.4 Å². The molecule has 0 aliphatic heterocycles. The van der Waals surface area contributed by atoms with Gasteiger partial charge in [-0.1, -0.05) is 30.0 Å². The number of nitrogens with zero attached hydrogens (tertiary/aromatic N) is 4. The van der Waals surface area contributed by atoms with Gasteiger partial charge in [-0.3, -0.25) is 9.36 Å². The van der Waals surface area contributed by atoms with Gasteiger partial charge in [0.05, 0.1) is 10.6 Å². The van der Waals surface area contributed by atoms with Gasteiger partial charge in [-0.05, 0) is 24.3 Å². The highest BCUT2D eigenvalue weighted by atomic mass is 32.2. The molecule has 3 rings (SSSR count). The molecular weight excluding hydrogens is 340 g/mol. The van der Waals surface area contributed by atoms with E-state index < -0.39 is 0 Å². The highest BCUT2D eigenvalue weighted by molar-refractivity contribution is 7.99. The second-order valence-corrected chi connectivity index (χ2v) is 7.44. The van der Waals surface area contributed by atoms with Crippen molar-refractivity contribution in [3.63, 3.8) is 0 Å². The summed E-state index contributed by atoms with van der Waals surface area (Å²) in [5.41, 5.74) is 0. The van der Waals surface area contributed by atoms with Gasteiger partial charge in [-0.15, -0.1) is 34.7 Å². The molecule has 0 saturated heterocycles. The van der Waals surface area contributed by atoms with Crippen LogP contribution >= 0.6 is 23.1 Å². The number of thiophene rings is 1. The van der Waals surface area contributed by atoms with Crippen LogP contribution in [0, 0.1) is 0 Å². The maximum absolute atomic E-state index is 12.4. The Morgan fingerprint density at radius 2 is 2.12 bits per heavy atom. The van der Waals surface area contributed by atoms with Gasteiger partial charge in [0.25, 0.3) is 0 Å². The zero-order valence-electron chi connectivity index (χ0n) is 13.4. The Morgan fingerprint density at radius 3 is 2.71 bits per heavy atom. The van der Waals surface area contributed by atoms with E-state index in [2.05, 4.69) is 34.0 Å². The first-order valence-corrected chi connectivity index (χ1v) is 9.72. The average molecular weight is 361 g/mol. The van der Waals surface area contributed by atoms with Gasteiger partial charge in [0.15, 0.2) is 11.0 Å². The van der Waals surface area contributed by atoms with Gasteiger partial charge in [-0.25, -0.2) is 0 Å². The summed E-state index contributed by atoms with van der Waals surface area (Å²) in [5, 5.41) is 11.6. The minimum absolute atomic E-state index is 0.0582. The zero-order valence-corrected chi connectivity index (χ0v) is 15.1. The first-order chi connectivity index (χ1) is 11.7. The lowest BCUT2D eigenvalue weighted by Crippen LogP contribution is -2.32. The highest BCUT2D eigenvalue weighted by Gasteiger charge is 2.30. The molecule has 1 aliphatic carbocycles. The van der Waals surface area contributed by atoms with E-state index in [-0.39, 0.29) is 5.91 Å². The van der Waals surface area contributed by atoms with Gasteiger partial charge in [0, 0.05) is 19.1 Å². The molecule has 2 heterocycles. The van der Waals surface area contributed by atoms with Gasteiger partial charge in [0.1, 0.15) is 0 Å². The minimum Gasteiger partial charge on any atom is -0.335 e. The van der Waals surface area contributed by atoms with E-state index in [0.29, 0.717) is 24.9 Å². The predicted octanol–water partition coefficient (Wildman–Crippen LogP) is 3.63. The van der Waals surface area contributed by atoms with Crippen molar-refractivity contribution in [2.75, 3.05) is 18.8 Å². The molecule has 5 nitrogen and oxygen atoms in total. The lowest BCUT2D eigenvalue weighted by atomic mass is 10.4. The second kappa shape index (κ2) is 7.81. The van der Waals surface area contributed by atoms with Gasteiger partial charge < -0.3 is 4.90 Å². The summed E-state index contributed by atoms with van der Waals surface area (Å²) in [5.74, 6) is 1.32. The third kappa shape index (κ3) is 3.79. The summed E-state index contributed by atoms with van der Waals surface area (Å²) in [6.07, 6.45) is 5.76. The van der Waals surface area contributed by atoms with Crippen molar-refractivity contribution in [2.24, 2.45) is 0 Å². The summed E-state index contributed by atoms with van der Waals surface area (Å²) >= 11 is 3.12. The van der Waals surface area contributed by atoms with Crippen LogP contribution in [0.4, 0.5) is 0 Å². The van der Waals surface area contributed by atoms with Gasteiger partial charge >= 0.3 is 0 Å². The van der Waals surface area contributed by atoms with Crippen LogP contribution in [0.25, 0.3) is 10.7 Å². The molecule has 0 atom stereocenters. The fraction of sp³-hybridized carbons (Fsp3) is 0.353. The molecule has 1 fully saturated rings. The Balaban J connectivity index is 1.72. The van der Waals surface area contributed by atoms with Crippen LogP contribution in [0.1, 0.15) is 18.9 Å². The third-order valence-corrected chi connectivity index (χ3v) is 5.49. The third-order valence-electron chi connectivity index (χ3n) is 3.69. The summed E-state index contributed by atoms with van der Waals surface area (Å²) < 4.78 is 2.19. The smallest absolute Gasteiger partial charge is 0.233 e. The monoisotopic (exact) mass is 360 g/mol. The molecule has 0 radical (unpaired) electrons. The quantitative estimate of drug-likeness (QED) is 0.506. The van der Waals surface area contributed by atoms with E-state index in [4.69, 9.17) is 0 Å². The fourth-order valence-electron chi connectivity index (χ4n) is 2.42. The van der Waals surface area contributed by atoms with Crippen LogP contribution in [-0.4, -0.2) is 44.4 Å². The van der Waals surface area contributed by atoms with E-state index in [0.717, 1.165) is 28.7 Å². The topological polar surface area (TPSA) is 51.0 Å². The molecule has 0 unspecified atom stereocenters. The van der Waals surface area contributed by atoms with Gasteiger partial charge in [0.2, 0.25) is 5.91 Å². The molecule has 1 saturated carbocycles. The van der Waals surface area contributed by atoms with Crippen LogP contribution in [0.3, 0.4) is 0 Å². The molecular formula is C17H20N4OS2. The number of thioether (sulfide) groups is 1. The van der Waals surface area contributed by atoms with Crippen molar-refractivity contribution >= 4 is 29.0 Å². The molecule has 24 heavy (non-hydrogen) atoms. The average Bonchev–Trinajstić information content (AvgIpc) is 3.11. The number of hydrogen-bond donors (Lipinski definition) is 0. The SMILES string of the molecule is C=CCN(CC=C)C(=O)CSc1nnc(-c2cccs2)n1C1CC1. The number of carbonyl (C=O) groups excluding carboxylic acids is 1. The van der Waals surface area contributed by atoms with E-state index in [1.165, 1.54) is 11.8 Å². The molecule has 126 valence electrons. The molecule has 7 heteroatoms. The van der Waals surface area contributed by atoms with E-state index in [9.17, 15) is 4.79 Å². The van der Waals surface area contributed by atoms with Crippen molar-refractivity contribution in [1.82, 2.24) is 19.7 Å². The van der Waals surface area contributed by atoms with Crippen molar-refractivity contribution in [2.45, 2.75) is 24.0 Å². The second-order valence-electron chi connectivity index (χ2n) is 5.55. The lowest BCUT2D eigenvalue weighted by molar-refractivity contribution is -0.127. The summed E-state index contributed by atoms with van der Waals surface area (Å²) in [4.78, 5) is 15.2. The standard InChI is InChI=1S/C17H20N4OS2/c1-3-9-20(10-4-2)15(22)12-24-17-19-18-16(14-6-5-11-23-14)21(17)13-7-8-13/h3-6,11,13H,1-2,7-10,12H2. The first kappa shape index (κ1) is 17.0. The first-order valence-electron chi connectivity index (χ1n) is 7.85. The Bertz CT molecular complexity index is 709. The number of carbonyl (C=O) groups is 1. The number of hydrogen-bond acceptors (Lipinski definition) is 5. The maximum Gasteiger partial charge on any atom is 0.233 e. The Hall–Kier alpha value is -1.86. The molecule has 2 aromatic rings. The Kier molecular flexibility index (Phi) is 5.52. The summed E-state index contributed by atoms with van der Waals surface area (Å²) in [6.45, 7) is 8.46. The normalized spacial score (nSPS) is 13.7. The van der Waals surface area contributed by atoms with E-state index in [1.54, 1.807) is 28.4 Å².